The quantitative estimate of drug-likeness (QED) is 0.473. The molecule has 24 heavy (non-hydrogen) atoms. The fourth-order valence-corrected chi connectivity index (χ4v) is 2.83. The largest absolute Gasteiger partial charge is 0.349 e. The second kappa shape index (κ2) is 6.51. The molecular weight excluding hydrogens is 353 g/mol. The van der Waals surface area contributed by atoms with Gasteiger partial charge in [0.1, 0.15) is 0 Å². The Morgan fingerprint density at radius 3 is 2.62 bits per heavy atom. The Morgan fingerprint density at radius 2 is 1.96 bits per heavy atom. The number of hydrogen-bond acceptors (Lipinski definition) is 4. The molecule has 2 heterocycles. The summed E-state index contributed by atoms with van der Waals surface area (Å²) in [6.07, 6.45) is 5.04. The van der Waals surface area contributed by atoms with E-state index in [9.17, 15) is 10.1 Å². The van der Waals surface area contributed by atoms with Gasteiger partial charge in [-0.25, -0.2) is 0 Å². The minimum Gasteiger partial charge on any atom is -0.349 e. The van der Waals surface area contributed by atoms with Crippen LogP contribution in [0.15, 0.2) is 41.1 Å². The highest BCUT2D eigenvalue weighted by Crippen LogP contribution is 2.26. The van der Waals surface area contributed by atoms with E-state index in [1.54, 1.807) is 24.3 Å². The molecule has 122 valence electrons. The Hall–Kier alpha value is -2.57. The molecule has 0 N–H and O–H groups in total. The Balaban J connectivity index is 1.98. The highest BCUT2D eigenvalue weighted by molar-refractivity contribution is 6.34. The van der Waals surface area contributed by atoms with E-state index < -0.39 is 4.92 Å². The van der Waals surface area contributed by atoms with Gasteiger partial charge in [-0.15, -0.1) is 0 Å². The van der Waals surface area contributed by atoms with E-state index in [0.29, 0.717) is 10.0 Å². The lowest BCUT2D eigenvalue weighted by Gasteiger charge is -2.07. The van der Waals surface area contributed by atoms with Crippen molar-refractivity contribution in [3.63, 3.8) is 0 Å². The molecular formula is C16H11Cl2N3O3. The topological polar surface area (TPSA) is 74.1 Å². The molecule has 0 aliphatic carbocycles. The Bertz CT molecular complexity index is 924. The van der Waals surface area contributed by atoms with E-state index in [1.165, 1.54) is 13.0 Å². The first kappa shape index (κ1) is 16.3. The second-order valence-corrected chi connectivity index (χ2v) is 5.87. The molecule has 0 saturated heterocycles. The predicted octanol–water partition coefficient (Wildman–Crippen LogP) is 5.16. The fraction of sp³-hybridized carbons (Fsp3) is 0.0625. The Labute approximate surface area is 147 Å². The van der Waals surface area contributed by atoms with Crippen LogP contribution in [-0.4, -0.2) is 14.6 Å². The average molecular weight is 364 g/mol. The predicted molar refractivity (Wildman–Crippen MR) is 92.6 cm³/mol. The summed E-state index contributed by atoms with van der Waals surface area (Å²) < 4.78 is 6.86. The van der Waals surface area contributed by atoms with Crippen molar-refractivity contribution in [3.05, 3.63) is 73.8 Å². The molecule has 3 rings (SSSR count). The second-order valence-electron chi connectivity index (χ2n) is 5.00. The molecule has 0 aliphatic heterocycles. The number of aryl methyl sites for hydroxylation is 1. The van der Waals surface area contributed by atoms with Gasteiger partial charge in [0, 0.05) is 27.6 Å². The van der Waals surface area contributed by atoms with Crippen LogP contribution >= 0.6 is 23.2 Å². The fourth-order valence-electron chi connectivity index (χ4n) is 2.32. The Morgan fingerprint density at radius 1 is 1.25 bits per heavy atom. The highest BCUT2D eigenvalue weighted by atomic mass is 35.5. The minimum absolute atomic E-state index is 0.0920. The first-order valence-corrected chi connectivity index (χ1v) is 7.64. The lowest BCUT2D eigenvalue weighted by molar-refractivity contribution is -0.386. The number of hydrogen-bond donors (Lipinski definition) is 0. The summed E-state index contributed by atoms with van der Waals surface area (Å²) in [6.45, 7) is 1.52. The van der Waals surface area contributed by atoms with Gasteiger partial charge in [-0.3, -0.25) is 10.1 Å². The number of nitrogens with zero attached hydrogens (tertiary/aromatic N) is 3. The van der Waals surface area contributed by atoms with Crippen LogP contribution in [-0.2, 0) is 0 Å². The zero-order chi connectivity index (χ0) is 17.3. The molecule has 1 aromatic carbocycles. The van der Waals surface area contributed by atoms with E-state index in [0.717, 1.165) is 11.4 Å². The summed E-state index contributed by atoms with van der Waals surface area (Å²) in [6, 6.07) is 8.87. The third kappa shape index (κ3) is 3.20. The monoisotopic (exact) mass is 363 g/mol. The first-order valence-electron chi connectivity index (χ1n) is 6.88. The van der Waals surface area contributed by atoms with Gasteiger partial charge in [-0.05, 0) is 49.4 Å². The van der Waals surface area contributed by atoms with Crippen molar-refractivity contribution in [1.82, 2.24) is 9.72 Å². The molecule has 0 atom stereocenters. The normalized spacial score (nSPS) is 11.3. The maximum atomic E-state index is 11.1. The molecule has 0 amide bonds. The van der Waals surface area contributed by atoms with E-state index >= 15 is 0 Å². The van der Waals surface area contributed by atoms with E-state index in [2.05, 4.69) is 5.16 Å². The third-order valence-corrected chi connectivity index (χ3v) is 3.79. The average Bonchev–Trinajstić information content (AvgIpc) is 3.10. The van der Waals surface area contributed by atoms with Crippen LogP contribution in [0.25, 0.3) is 17.8 Å². The number of benzene rings is 1. The number of aromatic nitrogens is 2. The maximum absolute atomic E-state index is 11.1. The van der Waals surface area contributed by atoms with Crippen molar-refractivity contribution in [2.24, 2.45) is 0 Å². The van der Waals surface area contributed by atoms with Crippen LogP contribution < -0.4 is 0 Å². The SMILES string of the molecule is Cc1noc(C=Cc2cccn2-c2cc(Cl)cc(Cl)c2)c1[N+](=O)[O-]. The smallest absolute Gasteiger partial charge is 0.338 e. The summed E-state index contributed by atoms with van der Waals surface area (Å²) in [5.41, 5.74) is 1.64. The lowest BCUT2D eigenvalue weighted by atomic mass is 10.2. The number of nitro groups is 1. The summed E-state index contributed by atoms with van der Waals surface area (Å²) in [5.74, 6) is 0.0920. The maximum Gasteiger partial charge on any atom is 0.338 e. The summed E-state index contributed by atoms with van der Waals surface area (Å²) >= 11 is 12.1. The van der Waals surface area contributed by atoms with Crippen molar-refractivity contribution in [2.45, 2.75) is 6.92 Å². The van der Waals surface area contributed by atoms with Gasteiger partial charge >= 0.3 is 5.69 Å². The summed E-state index contributed by atoms with van der Waals surface area (Å²) in [5, 5.41) is 15.7. The zero-order valence-electron chi connectivity index (χ0n) is 12.4. The molecule has 0 radical (unpaired) electrons. The molecule has 0 fully saturated rings. The van der Waals surface area contributed by atoms with Gasteiger partial charge in [0.2, 0.25) is 5.76 Å². The standard InChI is InChI=1S/C16H11Cl2N3O3/c1-10-16(21(22)23)15(24-19-10)5-4-13-3-2-6-20(13)14-8-11(17)7-12(18)9-14/h2-9H,1H3. The summed E-state index contributed by atoms with van der Waals surface area (Å²) in [4.78, 5) is 10.6. The molecule has 0 aliphatic rings. The zero-order valence-corrected chi connectivity index (χ0v) is 14.0. The van der Waals surface area contributed by atoms with Crippen LogP contribution in [0.3, 0.4) is 0 Å². The minimum atomic E-state index is -0.513. The van der Waals surface area contributed by atoms with Gasteiger partial charge < -0.3 is 9.09 Å². The number of rotatable bonds is 4. The van der Waals surface area contributed by atoms with Crippen LogP contribution in [0.5, 0.6) is 0 Å². The van der Waals surface area contributed by atoms with Crippen LogP contribution in [0, 0.1) is 17.0 Å². The van der Waals surface area contributed by atoms with Crippen LogP contribution in [0.4, 0.5) is 5.69 Å². The van der Waals surface area contributed by atoms with E-state index in [4.69, 9.17) is 27.7 Å². The van der Waals surface area contributed by atoms with Gasteiger partial charge in [0.05, 0.1) is 4.92 Å². The molecule has 8 heteroatoms. The lowest BCUT2D eigenvalue weighted by Crippen LogP contribution is -1.94. The van der Waals surface area contributed by atoms with Gasteiger partial charge in [-0.1, -0.05) is 28.4 Å². The molecule has 3 aromatic rings. The van der Waals surface area contributed by atoms with Crippen molar-refractivity contribution in [2.75, 3.05) is 0 Å². The molecule has 6 nitrogen and oxygen atoms in total. The van der Waals surface area contributed by atoms with Crippen molar-refractivity contribution < 1.29 is 9.45 Å². The van der Waals surface area contributed by atoms with Crippen molar-refractivity contribution in [3.8, 4) is 5.69 Å². The van der Waals surface area contributed by atoms with E-state index in [1.807, 2.05) is 22.9 Å². The van der Waals surface area contributed by atoms with E-state index in [-0.39, 0.29) is 17.1 Å². The molecule has 0 spiro atoms. The Kier molecular flexibility index (Phi) is 4.42. The third-order valence-electron chi connectivity index (χ3n) is 3.35. The van der Waals surface area contributed by atoms with Gasteiger partial charge in [0.15, 0.2) is 5.69 Å². The number of halogens is 2. The van der Waals surface area contributed by atoms with Crippen LogP contribution in [0.2, 0.25) is 10.0 Å². The molecule has 0 unspecified atom stereocenters. The first-order chi connectivity index (χ1) is 11.5. The molecule has 0 saturated carbocycles. The highest BCUT2D eigenvalue weighted by Gasteiger charge is 2.22. The molecule has 2 aromatic heterocycles. The summed E-state index contributed by atoms with van der Waals surface area (Å²) in [7, 11) is 0. The van der Waals surface area contributed by atoms with Crippen LogP contribution in [0.1, 0.15) is 17.1 Å². The van der Waals surface area contributed by atoms with Gasteiger partial charge in [-0.2, -0.15) is 0 Å². The van der Waals surface area contributed by atoms with Crippen molar-refractivity contribution >= 4 is 41.0 Å². The molecule has 0 bridgehead atoms. The van der Waals surface area contributed by atoms with Gasteiger partial charge in [0.25, 0.3) is 0 Å². The van der Waals surface area contributed by atoms with Crippen molar-refractivity contribution in [1.29, 1.82) is 0 Å².